The van der Waals surface area contributed by atoms with Gasteiger partial charge in [0.25, 0.3) is 0 Å². The van der Waals surface area contributed by atoms with Crippen LogP contribution in [0.5, 0.6) is 0 Å². The fourth-order valence-electron chi connectivity index (χ4n) is 8.91. The fourth-order valence-corrected chi connectivity index (χ4v) is 8.91. The Hall–Kier alpha value is -3.12. The van der Waals surface area contributed by atoms with E-state index in [2.05, 4.69) is 40.1 Å². The maximum absolute atomic E-state index is 14.4. The van der Waals surface area contributed by atoms with Crippen molar-refractivity contribution in [1.82, 2.24) is 0 Å². The Labute approximate surface area is 256 Å². The monoisotopic (exact) mass is 582 g/mol. The summed E-state index contributed by atoms with van der Waals surface area (Å²) in [7, 11) is 0. The number of carbonyl (C=O) groups excluding carboxylic acids is 1. The number of ether oxygens (including phenoxy) is 1. The molecule has 6 nitrogen and oxygen atoms in total. The van der Waals surface area contributed by atoms with Crippen LogP contribution >= 0.6 is 0 Å². The van der Waals surface area contributed by atoms with Crippen LogP contribution in [0.3, 0.4) is 0 Å². The smallest absolute Gasteiger partial charge is 0.331 e. The van der Waals surface area contributed by atoms with Gasteiger partial charge in [-0.2, -0.15) is 0 Å². The minimum Gasteiger partial charge on any atom is -0.478 e. The first-order valence-corrected chi connectivity index (χ1v) is 16.8. The highest BCUT2D eigenvalue weighted by Gasteiger charge is 2.50. The molecule has 8 rings (SSSR count). The van der Waals surface area contributed by atoms with Gasteiger partial charge in [-0.25, -0.2) is 4.79 Å². The van der Waals surface area contributed by atoms with Crippen LogP contribution in [0.25, 0.3) is 6.08 Å². The van der Waals surface area contributed by atoms with Crippen LogP contribution in [0.4, 0.5) is 11.4 Å². The minimum atomic E-state index is -0.839. The van der Waals surface area contributed by atoms with E-state index in [1.54, 1.807) is 0 Å². The molecule has 0 unspecified atom stereocenters. The zero-order chi connectivity index (χ0) is 29.4. The molecule has 0 spiro atoms. The summed E-state index contributed by atoms with van der Waals surface area (Å²) < 4.78 is 5.54. The molecule has 0 aromatic heterocycles. The zero-order valence-corrected chi connectivity index (χ0v) is 25.5. The number of nitrogens with zero attached hydrogens (tertiary/aromatic N) is 2. The van der Waals surface area contributed by atoms with Gasteiger partial charge >= 0.3 is 5.97 Å². The third-order valence-corrected chi connectivity index (χ3v) is 11.7. The minimum absolute atomic E-state index is 0.103. The molecule has 1 aliphatic heterocycles. The molecule has 43 heavy (non-hydrogen) atoms. The molecular formula is C37H46N2O4. The number of aliphatic carboxylic acids is 1. The lowest BCUT2D eigenvalue weighted by Crippen LogP contribution is -2.52. The molecule has 2 bridgehead atoms. The molecule has 1 heterocycles. The van der Waals surface area contributed by atoms with Gasteiger partial charge in [-0.1, -0.05) is 43.5 Å². The van der Waals surface area contributed by atoms with Crippen LogP contribution in [0.2, 0.25) is 0 Å². The second-order valence-electron chi connectivity index (χ2n) is 14.0. The van der Waals surface area contributed by atoms with Crippen molar-refractivity contribution in [2.45, 2.75) is 88.9 Å². The number of benzene rings is 2. The topological polar surface area (TPSA) is 70.1 Å². The van der Waals surface area contributed by atoms with Gasteiger partial charge in [0.05, 0.1) is 13.2 Å². The summed E-state index contributed by atoms with van der Waals surface area (Å²) >= 11 is 0. The standard InChI is InChI=1S/C37H46N2O4/c40-34(27-5-2-1-3-6-27)39(33-8-4-7-28-25-29(35(41)42)9-14-32(28)33)26-36-15-18-37(19-16-36,20-17-36)30-10-12-31(13-11-30)38-21-23-43-24-22-38/h4,7-8,10-13,25,27H,1-3,5-6,9,14-24,26H2,(H,41,42). The Morgan fingerprint density at radius 3 is 2.26 bits per heavy atom. The maximum Gasteiger partial charge on any atom is 0.331 e. The summed E-state index contributed by atoms with van der Waals surface area (Å²) in [5.41, 5.74) is 6.81. The van der Waals surface area contributed by atoms with Crippen molar-refractivity contribution in [1.29, 1.82) is 0 Å². The number of hydrogen-bond donors (Lipinski definition) is 1. The first-order chi connectivity index (χ1) is 21.0. The average molecular weight is 583 g/mol. The summed E-state index contributed by atoms with van der Waals surface area (Å²) in [6.07, 6.45) is 15.5. The molecule has 0 radical (unpaired) electrons. The number of amides is 1. The summed E-state index contributed by atoms with van der Waals surface area (Å²) in [4.78, 5) is 30.7. The SMILES string of the molecule is O=C(O)C1=Cc2cccc(N(CC34CCC(c5ccc(N6CCOCC6)cc5)(CC3)CC4)C(=O)C3CCCCC3)c2CC1. The molecule has 2 aromatic carbocycles. The number of carbonyl (C=O) groups is 2. The van der Waals surface area contributed by atoms with E-state index in [0.29, 0.717) is 24.3 Å². The lowest BCUT2D eigenvalue weighted by molar-refractivity contribution is -0.132. The van der Waals surface area contributed by atoms with Gasteiger partial charge < -0.3 is 19.6 Å². The Kier molecular flexibility index (Phi) is 7.83. The van der Waals surface area contributed by atoms with E-state index in [1.807, 2.05) is 18.2 Å². The van der Waals surface area contributed by atoms with Crippen LogP contribution in [-0.2, 0) is 26.2 Å². The van der Waals surface area contributed by atoms with Crippen LogP contribution in [-0.4, -0.2) is 49.8 Å². The molecular weight excluding hydrogens is 536 g/mol. The molecule has 1 saturated heterocycles. The zero-order valence-electron chi connectivity index (χ0n) is 25.5. The molecule has 5 aliphatic carbocycles. The van der Waals surface area contributed by atoms with Gasteiger partial charge in [-0.3, -0.25) is 4.79 Å². The first-order valence-electron chi connectivity index (χ1n) is 16.8. The fraction of sp³-hybridized carbons (Fsp3) is 0.568. The number of rotatable bonds is 7. The molecule has 0 atom stereocenters. The Balaban J connectivity index is 1.13. The lowest BCUT2D eigenvalue weighted by atomic mass is 9.51. The Morgan fingerprint density at radius 2 is 1.58 bits per heavy atom. The van der Waals surface area contributed by atoms with Crippen LogP contribution < -0.4 is 9.80 Å². The van der Waals surface area contributed by atoms with E-state index in [4.69, 9.17) is 4.74 Å². The van der Waals surface area contributed by atoms with Crippen molar-refractivity contribution in [3.05, 3.63) is 64.7 Å². The normalized spacial score (nSPS) is 27.3. The van der Waals surface area contributed by atoms with Gasteiger partial charge in [0, 0.05) is 42.5 Å². The van der Waals surface area contributed by atoms with Crippen molar-refractivity contribution in [3.8, 4) is 0 Å². The number of hydrogen-bond acceptors (Lipinski definition) is 4. The molecule has 1 amide bonds. The third-order valence-electron chi connectivity index (χ3n) is 11.7. The second-order valence-corrected chi connectivity index (χ2v) is 14.0. The van der Waals surface area contributed by atoms with Gasteiger partial charge in [-0.05, 0) is 116 Å². The van der Waals surface area contributed by atoms with Crippen molar-refractivity contribution >= 4 is 29.3 Å². The number of morpholine rings is 1. The van der Waals surface area contributed by atoms with Crippen molar-refractivity contribution in [2.75, 3.05) is 42.6 Å². The second kappa shape index (κ2) is 11.8. The molecule has 1 N–H and O–H groups in total. The number of carboxylic acid groups (broad SMARTS) is 1. The third kappa shape index (κ3) is 5.52. The van der Waals surface area contributed by atoms with Gasteiger partial charge in [0.15, 0.2) is 0 Å². The summed E-state index contributed by atoms with van der Waals surface area (Å²) in [5.74, 6) is -0.434. The van der Waals surface area contributed by atoms with Crippen LogP contribution in [0.1, 0.15) is 93.7 Å². The van der Waals surface area contributed by atoms with E-state index >= 15 is 0 Å². The Morgan fingerprint density at radius 1 is 0.884 bits per heavy atom. The highest BCUT2D eigenvalue weighted by Crippen LogP contribution is 2.58. The quantitative estimate of drug-likeness (QED) is 0.376. The number of carboxylic acids is 1. The lowest BCUT2D eigenvalue weighted by Gasteiger charge is -2.55. The summed E-state index contributed by atoms with van der Waals surface area (Å²) in [5, 5.41) is 9.62. The van der Waals surface area contributed by atoms with Crippen molar-refractivity contribution < 1.29 is 19.4 Å². The predicted octanol–water partition coefficient (Wildman–Crippen LogP) is 7.14. The van der Waals surface area contributed by atoms with E-state index in [9.17, 15) is 14.7 Å². The molecule has 6 aliphatic rings. The van der Waals surface area contributed by atoms with Crippen molar-refractivity contribution in [3.63, 3.8) is 0 Å². The van der Waals surface area contributed by atoms with Crippen LogP contribution in [0.15, 0.2) is 48.0 Å². The first kappa shape index (κ1) is 28.6. The predicted molar refractivity (Wildman–Crippen MR) is 171 cm³/mol. The highest BCUT2D eigenvalue weighted by atomic mass is 16.5. The molecule has 5 fully saturated rings. The van der Waals surface area contributed by atoms with Gasteiger partial charge in [0.2, 0.25) is 5.91 Å². The van der Waals surface area contributed by atoms with Gasteiger partial charge in [0.1, 0.15) is 0 Å². The molecule has 2 aromatic rings. The number of fused-ring (bicyclic) bond motifs is 4. The molecule has 6 heteroatoms. The Bertz CT molecular complexity index is 1360. The van der Waals surface area contributed by atoms with E-state index < -0.39 is 5.97 Å². The van der Waals surface area contributed by atoms with Crippen molar-refractivity contribution in [2.24, 2.45) is 11.3 Å². The molecule has 228 valence electrons. The average Bonchev–Trinajstić information content (AvgIpc) is 3.08. The highest BCUT2D eigenvalue weighted by molar-refractivity contribution is 5.98. The summed E-state index contributed by atoms with van der Waals surface area (Å²) in [6.45, 7) is 4.33. The maximum atomic E-state index is 14.4. The largest absolute Gasteiger partial charge is 0.478 e. The van der Waals surface area contributed by atoms with E-state index in [-0.39, 0.29) is 16.7 Å². The molecule has 4 saturated carbocycles. The van der Waals surface area contributed by atoms with Crippen LogP contribution in [0, 0.1) is 11.3 Å². The van der Waals surface area contributed by atoms with E-state index in [1.165, 1.54) is 36.9 Å². The summed E-state index contributed by atoms with van der Waals surface area (Å²) in [6, 6.07) is 15.6. The number of anilines is 2. The van der Waals surface area contributed by atoms with Gasteiger partial charge in [-0.15, -0.1) is 0 Å². The van der Waals surface area contributed by atoms with E-state index in [0.717, 1.165) is 94.6 Å².